The summed E-state index contributed by atoms with van der Waals surface area (Å²) >= 11 is 0. The maximum atomic E-state index is 6.21. The number of rotatable bonds is 4. The Balaban J connectivity index is 1.99. The summed E-state index contributed by atoms with van der Waals surface area (Å²) in [6.45, 7) is 0.662. The predicted molar refractivity (Wildman–Crippen MR) is 79.6 cm³/mol. The molecule has 2 nitrogen and oxygen atoms in total. The summed E-state index contributed by atoms with van der Waals surface area (Å²) in [6.07, 6.45) is 6.25. The maximum absolute atomic E-state index is 6.21. The summed E-state index contributed by atoms with van der Waals surface area (Å²) in [5.74, 6) is 1.04. The van der Waals surface area contributed by atoms with Gasteiger partial charge in [-0.25, -0.2) is 0 Å². The fraction of sp³-hybridized carbons (Fsp3) is 0.412. The Kier molecular flexibility index (Phi) is 3.69. The van der Waals surface area contributed by atoms with E-state index in [1.807, 2.05) is 0 Å². The van der Waals surface area contributed by atoms with E-state index in [2.05, 4.69) is 36.4 Å². The molecule has 2 aromatic carbocycles. The summed E-state index contributed by atoms with van der Waals surface area (Å²) in [4.78, 5) is 0. The van der Waals surface area contributed by atoms with Crippen molar-refractivity contribution in [2.75, 3.05) is 6.54 Å². The molecule has 0 aliphatic heterocycles. The lowest BCUT2D eigenvalue weighted by Crippen LogP contribution is -2.13. The van der Waals surface area contributed by atoms with Crippen molar-refractivity contribution >= 4 is 10.8 Å². The van der Waals surface area contributed by atoms with Crippen LogP contribution in [0.1, 0.15) is 31.2 Å². The van der Waals surface area contributed by atoms with Crippen LogP contribution in [-0.4, -0.2) is 12.6 Å². The fourth-order valence-corrected chi connectivity index (χ4v) is 3.01. The maximum Gasteiger partial charge on any atom is 0.123 e. The molecule has 0 unspecified atom stereocenters. The minimum Gasteiger partial charge on any atom is -0.490 e. The molecule has 1 aliphatic rings. The van der Waals surface area contributed by atoms with Crippen molar-refractivity contribution in [1.82, 2.24) is 0 Å². The van der Waals surface area contributed by atoms with Crippen LogP contribution in [0.3, 0.4) is 0 Å². The lowest BCUT2D eigenvalue weighted by Gasteiger charge is -2.18. The molecule has 2 N–H and O–H groups in total. The van der Waals surface area contributed by atoms with Gasteiger partial charge in [0.1, 0.15) is 5.75 Å². The highest BCUT2D eigenvalue weighted by Gasteiger charge is 2.18. The van der Waals surface area contributed by atoms with Crippen LogP contribution in [0, 0.1) is 0 Å². The van der Waals surface area contributed by atoms with E-state index in [4.69, 9.17) is 10.5 Å². The Morgan fingerprint density at radius 3 is 2.63 bits per heavy atom. The van der Waals surface area contributed by atoms with Crippen molar-refractivity contribution in [3.05, 3.63) is 42.0 Å². The summed E-state index contributed by atoms with van der Waals surface area (Å²) in [5, 5.41) is 2.55. The third-order valence-electron chi connectivity index (χ3n) is 3.99. The number of ether oxygens (including phenoxy) is 1. The van der Waals surface area contributed by atoms with Crippen LogP contribution < -0.4 is 10.5 Å². The average molecular weight is 255 g/mol. The Morgan fingerprint density at radius 1 is 1.05 bits per heavy atom. The van der Waals surface area contributed by atoms with Crippen molar-refractivity contribution in [3.63, 3.8) is 0 Å². The SMILES string of the molecule is NCCc1c(OC2CCCC2)ccc2ccccc12. The van der Waals surface area contributed by atoms with Gasteiger partial charge in [-0.1, -0.05) is 30.3 Å². The summed E-state index contributed by atoms with van der Waals surface area (Å²) in [5.41, 5.74) is 7.04. The van der Waals surface area contributed by atoms with Crippen LogP contribution in [0.25, 0.3) is 10.8 Å². The zero-order valence-electron chi connectivity index (χ0n) is 11.3. The predicted octanol–water partition coefficient (Wildman–Crippen LogP) is 3.66. The van der Waals surface area contributed by atoms with Gasteiger partial charge >= 0.3 is 0 Å². The molecule has 2 aromatic rings. The van der Waals surface area contributed by atoms with Crippen molar-refractivity contribution in [2.24, 2.45) is 5.73 Å². The molecule has 0 atom stereocenters. The molecule has 0 heterocycles. The minimum absolute atomic E-state index is 0.401. The van der Waals surface area contributed by atoms with Gasteiger partial charge < -0.3 is 10.5 Å². The smallest absolute Gasteiger partial charge is 0.123 e. The highest BCUT2D eigenvalue weighted by Crippen LogP contribution is 2.31. The first-order chi connectivity index (χ1) is 9.38. The first-order valence-corrected chi connectivity index (χ1v) is 7.26. The molecule has 1 aliphatic carbocycles. The first-order valence-electron chi connectivity index (χ1n) is 7.26. The van der Waals surface area contributed by atoms with Gasteiger partial charge in [-0.2, -0.15) is 0 Å². The Morgan fingerprint density at radius 2 is 1.84 bits per heavy atom. The van der Waals surface area contributed by atoms with Crippen LogP contribution in [0.2, 0.25) is 0 Å². The Hall–Kier alpha value is -1.54. The van der Waals surface area contributed by atoms with Gasteiger partial charge in [0.2, 0.25) is 0 Å². The van der Waals surface area contributed by atoms with E-state index in [0.29, 0.717) is 12.6 Å². The van der Waals surface area contributed by atoms with Crippen molar-refractivity contribution in [1.29, 1.82) is 0 Å². The fourth-order valence-electron chi connectivity index (χ4n) is 3.01. The molecule has 0 saturated heterocycles. The average Bonchev–Trinajstić information content (AvgIpc) is 2.94. The molecule has 0 aromatic heterocycles. The number of fused-ring (bicyclic) bond motifs is 1. The molecular formula is C17H21NO. The first kappa shape index (κ1) is 12.5. The highest BCUT2D eigenvalue weighted by atomic mass is 16.5. The zero-order valence-corrected chi connectivity index (χ0v) is 11.3. The molecule has 0 bridgehead atoms. The molecule has 1 saturated carbocycles. The minimum atomic E-state index is 0.401. The van der Waals surface area contributed by atoms with Crippen LogP contribution in [0.5, 0.6) is 5.75 Å². The topological polar surface area (TPSA) is 35.2 Å². The molecule has 0 radical (unpaired) electrons. The van der Waals surface area contributed by atoms with Crippen molar-refractivity contribution in [2.45, 2.75) is 38.2 Å². The van der Waals surface area contributed by atoms with Gasteiger partial charge in [-0.15, -0.1) is 0 Å². The van der Waals surface area contributed by atoms with Gasteiger partial charge in [-0.3, -0.25) is 0 Å². The van der Waals surface area contributed by atoms with E-state index < -0.39 is 0 Å². The molecule has 19 heavy (non-hydrogen) atoms. The standard InChI is InChI=1S/C17H21NO/c18-12-11-16-15-8-4-1-5-13(15)9-10-17(16)19-14-6-2-3-7-14/h1,4-5,8-10,14H,2-3,6-7,11-12,18H2. The second kappa shape index (κ2) is 5.62. The van der Waals surface area contributed by atoms with Gasteiger partial charge in [0.25, 0.3) is 0 Å². The van der Waals surface area contributed by atoms with E-state index in [0.717, 1.165) is 12.2 Å². The second-order valence-corrected chi connectivity index (χ2v) is 5.33. The number of nitrogens with two attached hydrogens (primary N) is 1. The molecule has 1 fully saturated rings. The number of benzene rings is 2. The number of hydrogen-bond donors (Lipinski definition) is 1. The van der Waals surface area contributed by atoms with Crippen molar-refractivity contribution in [3.8, 4) is 5.75 Å². The monoisotopic (exact) mass is 255 g/mol. The molecule has 100 valence electrons. The highest BCUT2D eigenvalue weighted by molar-refractivity contribution is 5.87. The Labute approximate surface area is 114 Å². The summed E-state index contributed by atoms with van der Waals surface area (Å²) in [6, 6.07) is 12.7. The van der Waals surface area contributed by atoms with E-state index in [1.54, 1.807) is 0 Å². The normalized spacial score (nSPS) is 16.1. The van der Waals surface area contributed by atoms with Gasteiger partial charge in [-0.05, 0) is 55.5 Å². The summed E-state index contributed by atoms with van der Waals surface area (Å²) < 4.78 is 6.21. The van der Waals surface area contributed by atoms with Gasteiger partial charge in [0.15, 0.2) is 0 Å². The lowest BCUT2D eigenvalue weighted by atomic mass is 10.0. The molecule has 2 heteroatoms. The second-order valence-electron chi connectivity index (χ2n) is 5.33. The third-order valence-corrected chi connectivity index (χ3v) is 3.99. The van der Waals surface area contributed by atoms with Crippen LogP contribution in [0.15, 0.2) is 36.4 Å². The molecule has 3 rings (SSSR count). The van der Waals surface area contributed by atoms with Gasteiger partial charge in [0, 0.05) is 5.56 Å². The number of hydrogen-bond acceptors (Lipinski definition) is 2. The quantitative estimate of drug-likeness (QED) is 0.904. The lowest BCUT2D eigenvalue weighted by molar-refractivity contribution is 0.208. The third kappa shape index (κ3) is 2.59. The summed E-state index contributed by atoms with van der Waals surface area (Å²) in [7, 11) is 0. The van der Waals surface area contributed by atoms with E-state index >= 15 is 0 Å². The van der Waals surface area contributed by atoms with Crippen LogP contribution in [-0.2, 0) is 6.42 Å². The van der Waals surface area contributed by atoms with Crippen LogP contribution in [0.4, 0.5) is 0 Å². The molecule has 0 amide bonds. The molecular weight excluding hydrogens is 234 g/mol. The van der Waals surface area contributed by atoms with E-state index in [-0.39, 0.29) is 0 Å². The largest absolute Gasteiger partial charge is 0.490 e. The van der Waals surface area contributed by atoms with Crippen LogP contribution >= 0.6 is 0 Å². The van der Waals surface area contributed by atoms with E-state index in [1.165, 1.54) is 42.0 Å². The van der Waals surface area contributed by atoms with E-state index in [9.17, 15) is 0 Å². The molecule has 0 spiro atoms. The zero-order chi connectivity index (χ0) is 13.1. The Bertz CT molecular complexity index is 558. The van der Waals surface area contributed by atoms with Gasteiger partial charge in [0.05, 0.1) is 6.10 Å². The van der Waals surface area contributed by atoms with Crippen molar-refractivity contribution < 1.29 is 4.74 Å².